The van der Waals surface area contributed by atoms with Gasteiger partial charge < -0.3 is 30.2 Å². The summed E-state index contributed by atoms with van der Waals surface area (Å²) in [7, 11) is 7.65. The van der Waals surface area contributed by atoms with E-state index in [0.717, 1.165) is 35.4 Å². The van der Waals surface area contributed by atoms with Crippen molar-refractivity contribution in [2.75, 3.05) is 56.9 Å². The molecule has 39 heavy (non-hydrogen) atoms. The van der Waals surface area contributed by atoms with Crippen molar-refractivity contribution in [1.29, 1.82) is 0 Å². The number of ether oxygens (including phenoxy) is 1. The van der Waals surface area contributed by atoms with E-state index in [1.165, 1.54) is 30.0 Å². The lowest BCUT2D eigenvalue weighted by Gasteiger charge is -2.26. The number of aromatic nitrogens is 3. The van der Waals surface area contributed by atoms with Crippen LogP contribution in [0.1, 0.15) is 24.3 Å². The number of methoxy groups -OCH3 is 1. The maximum absolute atomic E-state index is 12.3. The fourth-order valence-electron chi connectivity index (χ4n) is 4.72. The van der Waals surface area contributed by atoms with Crippen LogP contribution < -0.4 is 20.3 Å². The van der Waals surface area contributed by atoms with E-state index in [4.69, 9.17) is 9.72 Å². The normalized spacial score (nSPS) is 12.9. The van der Waals surface area contributed by atoms with E-state index in [1.807, 2.05) is 45.5 Å². The highest BCUT2D eigenvalue weighted by Gasteiger charge is 2.26. The predicted octanol–water partition coefficient (Wildman–Crippen LogP) is 5.38. The fraction of sp³-hybridized carbons (Fsp3) is 0.300. The molecular formula is C30H35N7O2. The number of hydrogen-bond donors (Lipinski definition) is 3. The summed E-state index contributed by atoms with van der Waals surface area (Å²) < 4.78 is 5.73. The van der Waals surface area contributed by atoms with Gasteiger partial charge in [0.05, 0.1) is 29.9 Å². The average Bonchev–Trinajstić information content (AvgIpc) is 3.69. The molecule has 0 saturated heterocycles. The molecule has 1 aliphatic rings. The maximum atomic E-state index is 12.3. The molecule has 2 aromatic carbocycles. The number of benzene rings is 2. The fourth-order valence-corrected chi connectivity index (χ4v) is 4.72. The van der Waals surface area contributed by atoms with Crippen LogP contribution in [-0.2, 0) is 4.79 Å². The molecule has 0 spiro atoms. The van der Waals surface area contributed by atoms with E-state index in [-0.39, 0.29) is 5.91 Å². The van der Waals surface area contributed by atoms with Gasteiger partial charge in [-0.05, 0) is 56.6 Å². The van der Waals surface area contributed by atoms with Gasteiger partial charge >= 0.3 is 0 Å². The minimum absolute atomic E-state index is 0.295. The highest BCUT2D eigenvalue weighted by molar-refractivity contribution is 6.02. The molecule has 1 fully saturated rings. The molecule has 1 saturated carbocycles. The summed E-state index contributed by atoms with van der Waals surface area (Å²) in [6.07, 6.45) is 7.51. The molecule has 3 N–H and O–H groups in total. The number of carbonyl (C=O) groups excluding carboxylic acids is 1. The van der Waals surface area contributed by atoms with Crippen LogP contribution in [0, 0.1) is 0 Å². The van der Waals surface area contributed by atoms with Gasteiger partial charge in [-0.3, -0.25) is 4.79 Å². The number of aromatic amines is 1. The van der Waals surface area contributed by atoms with E-state index in [0.29, 0.717) is 29.0 Å². The third kappa shape index (κ3) is 5.73. The Hall–Kier alpha value is -4.37. The van der Waals surface area contributed by atoms with Crippen LogP contribution in [0.4, 0.5) is 23.0 Å². The zero-order chi connectivity index (χ0) is 27.5. The van der Waals surface area contributed by atoms with E-state index < -0.39 is 0 Å². The standard InChI is InChI=1S/C30H35N7O2/c1-6-28(38)33-24-16-25(27(39-5)17-26(24)37(4)15-14-36(2)3)35-30-31-13-12-23(34-30)22-18-32-29-20(19-10-11-19)8-7-9-21(22)29/h6-9,12-13,16-19,32H,1,10-11,14-15H2,2-5H3,(H,33,38)(H,31,34,35). The third-order valence-electron chi connectivity index (χ3n) is 7.00. The monoisotopic (exact) mass is 525 g/mol. The first kappa shape index (κ1) is 26.2. The summed E-state index contributed by atoms with van der Waals surface area (Å²) in [6.45, 7) is 5.21. The molecule has 1 aliphatic carbocycles. The number of H-pyrrole nitrogens is 1. The quantitative estimate of drug-likeness (QED) is 0.226. The average molecular weight is 526 g/mol. The molecular weight excluding hydrogens is 490 g/mol. The van der Waals surface area contributed by atoms with Crippen molar-refractivity contribution in [3.05, 3.63) is 67.0 Å². The zero-order valence-corrected chi connectivity index (χ0v) is 22.9. The maximum Gasteiger partial charge on any atom is 0.247 e. The molecule has 5 rings (SSSR count). The smallest absolute Gasteiger partial charge is 0.247 e. The summed E-state index contributed by atoms with van der Waals surface area (Å²) in [5, 5.41) is 7.38. The zero-order valence-electron chi connectivity index (χ0n) is 22.9. The number of fused-ring (bicyclic) bond motifs is 1. The predicted molar refractivity (Wildman–Crippen MR) is 158 cm³/mol. The second kappa shape index (κ2) is 11.2. The largest absolute Gasteiger partial charge is 0.494 e. The van der Waals surface area contributed by atoms with Crippen LogP contribution in [0.2, 0.25) is 0 Å². The number of nitrogens with zero attached hydrogens (tertiary/aromatic N) is 4. The van der Waals surface area contributed by atoms with Gasteiger partial charge in [0.2, 0.25) is 11.9 Å². The lowest BCUT2D eigenvalue weighted by Crippen LogP contribution is -2.29. The minimum Gasteiger partial charge on any atom is -0.494 e. The van der Waals surface area contributed by atoms with Crippen molar-refractivity contribution in [1.82, 2.24) is 19.9 Å². The highest BCUT2D eigenvalue weighted by atomic mass is 16.5. The topological polar surface area (TPSA) is 98.4 Å². The Bertz CT molecular complexity index is 1510. The van der Waals surface area contributed by atoms with Gasteiger partial charge in [-0.25, -0.2) is 9.97 Å². The number of carbonyl (C=O) groups is 1. The molecule has 202 valence electrons. The van der Waals surface area contributed by atoms with Gasteiger partial charge in [0.1, 0.15) is 5.75 Å². The van der Waals surface area contributed by atoms with Crippen molar-refractivity contribution in [3.8, 4) is 17.0 Å². The highest BCUT2D eigenvalue weighted by Crippen LogP contribution is 2.44. The number of rotatable bonds is 11. The molecule has 0 aliphatic heterocycles. The lowest BCUT2D eigenvalue weighted by atomic mass is 10.0. The Kier molecular flexibility index (Phi) is 7.51. The Morgan fingerprint density at radius 2 is 2.00 bits per heavy atom. The number of para-hydroxylation sites is 1. The van der Waals surface area contributed by atoms with Gasteiger partial charge in [0.25, 0.3) is 0 Å². The molecule has 9 heteroatoms. The molecule has 1 amide bonds. The summed E-state index contributed by atoms with van der Waals surface area (Å²) in [4.78, 5) is 29.2. The van der Waals surface area contributed by atoms with Gasteiger partial charge in [-0.15, -0.1) is 0 Å². The Labute approximate surface area is 228 Å². The Balaban J connectivity index is 1.48. The first-order valence-electron chi connectivity index (χ1n) is 13.1. The number of nitrogens with one attached hydrogen (secondary N) is 3. The lowest BCUT2D eigenvalue weighted by molar-refractivity contribution is -0.111. The van der Waals surface area contributed by atoms with Crippen LogP contribution in [0.15, 0.2) is 61.4 Å². The van der Waals surface area contributed by atoms with Crippen molar-refractivity contribution in [2.24, 2.45) is 0 Å². The first-order chi connectivity index (χ1) is 18.9. The van der Waals surface area contributed by atoms with Crippen molar-refractivity contribution in [3.63, 3.8) is 0 Å². The SMILES string of the molecule is C=CC(=O)Nc1cc(Nc2nccc(-c3c[nH]c4c(C5CC5)cccc34)n2)c(OC)cc1N(C)CCN(C)C. The van der Waals surface area contributed by atoms with Crippen LogP contribution in [-0.4, -0.2) is 67.1 Å². The molecule has 2 aromatic heterocycles. The summed E-state index contributed by atoms with van der Waals surface area (Å²) in [5.74, 6) is 1.38. The van der Waals surface area contributed by atoms with E-state index >= 15 is 0 Å². The summed E-state index contributed by atoms with van der Waals surface area (Å²) in [6, 6.07) is 12.1. The second-order valence-electron chi connectivity index (χ2n) is 10.1. The van der Waals surface area contributed by atoms with Gasteiger partial charge in [0, 0.05) is 55.1 Å². The van der Waals surface area contributed by atoms with Gasteiger partial charge in [-0.2, -0.15) is 0 Å². The third-order valence-corrected chi connectivity index (χ3v) is 7.00. The Morgan fingerprint density at radius 3 is 2.72 bits per heavy atom. The molecule has 0 atom stereocenters. The molecule has 0 unspecified atom stereocenters. The Morgan fingerprint density at radius 1 is 1.18 bits per heavy atom. The van der Waals surface area contributed by atoms with Gasteiger partial charge in [0.15, 0.2) is 0 Å². The van der Waals surface area contributed by atoms with Gasteiger partial charge in [-0.1, -0.05) is 24.8 Å². The van der Waals surface area contributed by atoms with Crippen LogP contribution >= 0.6 is 0 Å². The number of hydrogen-bond acceptors (Lipinski definition) is 7. The molecule has 2 heterocycles. The van der Waals surface area contributed by atoms with E-state index in [1.54, 1.807) is 13.3 Å². The van der Waals surface area contributed by atoms with Crippen LogP contribution in [0.25, 0.3) is 22.2 Å². The number of amides is 1. The van der Waals surface area contributed by atoms with E-state index in [2.05, 4.69) is 55.2 Å². The summed E-state index contributed by atoms with van der Waals surface area (Å²) >= 11 is 0. The summed E-state index contributed by atoms with van der Waals surface area (Å²) in [5.41, 5.74) is 6.49. The molecule has 0 radical (unpaired) electrons. The van der Waals surface area contributed by atoms with E-state index in [9.17, 15) is 4.79 Å². The van der Waals surface area contributed by atoms with Crippen LogP contribution in [0.3, 0.4) is 0 Å². The first-order valence-corrected chi connectivity index (χ1v) is 13.1. The minimum atomic E-state index is -0.295. The van der Waals surface area contributed by atoms with Crippen molar-refractivity contribution >= 4 is 39.8 Å². The van der Waals surface area contributed by atoms with Crippen molar-refractivity contribution < 1.29 is 9.53 Å². The second-order valence-corrected chi connectivity index (χ2v) is 10.1. The number of likely N-dealkylation sites (N-methyl/N-ethyl adjacent to an activating group) is 2. The number of anilines is 4. The molecule has 9 nitrogen and oxygen atoms in total. The molecule has 4 aromatic rings. The van der Waals surface area contributed by atoms with Crippen LogP contribution in [0.5, 0.6) is 5.75 Å². The molecule has 0 bridgehead atoms. The van der Waals surface area contributed by atoms with Crippen molar-refractivity contribution in [2.45, 2.75) is 18.8 Å².